The summed E-state index contributed by atoms with van der Waals surface area (Å²) in [6.45, 7) is 0. The third-order valence-corrected chi connectivity index (χ3v) is 4.72. The van der Waals surface area contributed by atoms with Crippen LogP contribution in [0.25, 0.3) is 11.0 Å². The highest BCUT2D eigenvalue weighted by Gasteiger charge is 2.42. The standard InChI is InChI=1S/C19H10ClFN2O3/c20-11-5-3-6-12(21)15(11)14-10(8-22)18(23)26-17-9-4-1-2-7-13(9)25-19(24)16(14)17/h1-7,10,14,23H. The fourth-order valence-corrected chi connectivity index (χ4v) is 3.54. The van der Waals surface area contributed by atoms with Crippen molar-refractivity contribution in [3.05, 3.63) is 74.9 Å². The molecule has 5 nitrogen and oxygen atoms in total. The monoisotopic (exact) mass is 368 g/mol. The molecule has 4 rings (SSSR count). The molecule has 1 N–H and O–H groups in total. The third-order valence-electron chi connectivity index (χ3n) is 4.39. The first-order chi connectivity index (χ1) is 12.5. The number of hydrogen-bond donors (Lipinski definition) is 1. The number of halogens is 2. The van der Waals surface area contributed by atoms with Gasteiger partial charge in [0.1, 0.15) is 17.3 Å². The molecule has 1 aliphatic heterocycles. The van der Waals surface area contributed by atoms with Crippen LogP contribution in [0.1, 0.15) is 17.0 Å². The van der Waals surface area contributed by atoms with E-state index in [1.807, 2.05) is 6.07 Å². The minimum Gasteiger partial charge on any atom is -0.441 e. The number of benzene rings is 2. The molecule has 3 aromatic rings. The number of nitriles is 1. The summed E-state index contributed by atoms with van der Waals surface area (Å²) in [5, 5.41) is 18.2. The Kier molecular flexibility index (Phi) is 3.74. The Bertz CT molecular complexity index is 1150. The van der Waals surface area contributed by atoms with Gasteiger partial charge in [-0.25, -0.2) is 9.18 Å². The maximum absolute atomic E-state index is 14.6. The maximum Gasteiger partial charge on any atom is 0.343 e. The number of para-hydroxylation sites is 1. The van der Waals surface area contributed by atoms with Gasteiger partial charge in [-0.2, -0.15) is 5.26 Å². The number of rotatable bonds is 1. The molecule has 1 aromatic heterocycles. The first-order valence-electron chi connectivity index (χ1n) is 7.68. The van der Waals surface area contributed by atoms with Crippen molar-refractivity contribution in [2.45, 2.75) is 5.92 Å². The second-order valence-electron chi connectivity index (χ2n) is 5.81. The van der Waals surface area contributed by atoms with Crippen LogP contribution >= 0.6 is 11.6 Å². The van der Waals surface area contributed by atoms with Crippen molar-refractivity contribution in [2.24, 2.45) is 5.92 Å². The molecule has 0 bridgehead atoms. The summed E-state index contributed by atoms with van der Waals surface area (Å²) >= 11 is 6.18. The van der Waals surface area contributed by atoms with E-state index in [2.05, 4.69) is 0 Å². The van der Waals surface area contributed by atoms with Crippen molar-refractivity contribution < 1.29 is 13.5 Å². The number of fused-ring (bicyclic) bond motifs is 3. The van der Waals surface area contributed by atoms with Crippen molar-refractivity contribution in [3.8, 4) is 11.8 Å². The number of ether oxygens (including phenoxy) is 1. The second kappa shape index (κ2) is 5.97. The molecular weight excluding hydrogens is 359 g/mol. The molecule has 2 heterocycles. The van der Waals surface area contributed by atoms with E-state index >= 15 is 0 Å². The number of nitrogens with zero attached hydrogens (tertiary/aromatic N) is 1. The zero-order valence-corrected chi connectivity index (χ0v) is 13.9. The van der Waals surface area contributed by atoms with E-state index in [1.165, 1.54) is 18.2 Å². The topological polar surface area (TPSA) is 87.1 Å². The van der Waals surface area contributed by atoms with Crippen molar-refractivity contribution in [1.82, 2.24) is 0 Å². The Balaban J connectivity index is 2.13. The Hall–Kier alpha value is -3.17. The van der Waals surface area contributed by atoms with Gasteiger partial charge in [-0.3, -0.25) is 5.41 Å². The normalized spacial score (nSPS) is 18.9. The average molecular weight is 369 g/mol. The minimum atomic E-state index is -1.21. The van der Waals surface area contributed by atoms with E-state index in [4.69, 9.17) is 26.2 Å². The number of hydrogen-bond acceptors (Lipinski definition) is 5. The summed E-state index contributed by atoms with van der Waals surface area (Å²) in [7, 11) is 0. The van der Waals surface area contributed by atoms with Gasteiger partial charge in [0.25, 0.3) is 0 Å². The fraction of sp³-hybridized carbons (Fsp3) is 0.105. The van der Waals surface area contributed by atoms with Gasteiger partial charge in [0.05, 0.1) is 17.0 Å². The first-order valence-corrected chi connectivity index (χ1v) is 8.06. The summed E-state index contributed by atoms with van der Waals surface area (Å²) < 4.78 is 25.4. The predicted molar refractivity (Wildman–Crippen MR) is 93.2 cm³/mol. The second-order valence-corrected chi connectivity index (χ2v) is 6.22. The van der Waals surface area contributed by atoms with Gasteiger partial charge in [-0.05, 0) is 24.3 Å². The predicted octanol–water partition coefficient (Wildman–Crippen LogP) is 4.23. The molecule has 1 aliphatic rings. The molecule has 2 unspecified atom stereocenters. The third kappa shape index (κ3) is 2.29. The largest absolute Gasteiger partial charge is 0.441 e. The molecule has 0 radical (unpaired) electrons. The summed E-state index contributed by atoms with van der Waals surface area (Å²) in [5.74, 6) is -3.26. The minimum absolute atomic E-state index is 0.0155. The van der Waals surface area contributed by atoms with Crippen molar-refractivity contribution in [1.29, 1.82) is 10.7 Å². The van der Waals surface area contributed by atoms with Crippen molar-refractivity contribution >= 4 is 28.5 Å². The molecule has 0 amide bonds. The van der Waals surface area contributed by atoms with E-state index in [-0.39, 0.29) is 33.4 Å². The lowest BCUT2D eigenvalue weighted by Gasteiger charge is -2.30. The Morgan fingerprint density at radius 2 is 1.92 bits per heavy atom. The van der Waals surface area contributed by atoms with Crippen LogP contribution < -0.4 is 10.4 Å². The van der Waals surface area contributed by atoms with Crippen LogP contribution in [0.3, 0.4) is 0 Å². The van der Waals surface area contributed by atoms with E-state index in [1.54, 1.807) is 24.3 Å². The Labute approximate surface area is 151 Å². The molecule has 0 saturated carbocycles. The molecule has 0 spiro atoms. The lowest BCUT2D eigenvalue weighted by atomic mass is 9.79. The van der Waals surface area contributed by atoms with Gasteiger partial charge < -0.3 is 9.15 Å². The molecule has 2 atom stereocenters. The fourth-order valence-electron chi connectivity index (χ4n) is 3.26. The van der Waals surface area contributed by atoms with Crippen LogP contribution in [0.5, 0.6) is 5.75 Å². The summed E-state index contributed by atoms with van der Waals surface area (Å²) in [5.41, 5.74) is -0.524. The lowest BCUT2D eigenvalue weighted by molar-refractivity contribution is 0.426. The highest BCUT2D eigenvalue weighted by molar-refractivity contribution is 6.31. The molecule has 26 heavy (non-hydrogen) atoms. The van der Waals surface area contributed by atoms with Gasteiger partial charge in [0.15, 0.2) is 5.75 Å². The molecule has 7 heteroatoms. The van der Waals surface area contributed by atoms with Crippen LogP contribution in [-0.4, -0.2) is 5.90 Å². The zero-order valence-electron chi connectivity index (χ0n) is 13.1. The van der Waals surface area contributed by atoms with E-state index in [0.29, 0.717) is 5.39 Å². The summed E-state index contributed by atoms with van der Waals surface area (Å²) in [6, 6.07) is 12.7. The van der Waals surface area contributed by atoms with Crippen molar-refractivity contribution in [3.63, 3.8) is 0 Å². The molecule has 128 valence electrons. The van der Waals surface area contributed by atoms with Crippen LogP contribution in [-0.2, 0) is 0 Å². The van der Waals surface area contributed by atoms with Gasteiger partial charge in [-0.1, -0.05) is 29.8 Å². The van der Waals surface area contributed by atoms with Gasteiger partial charge in [-0.15, -0.1) is 0 Å². The van der Waals surface area contributed by atoms with Crippen molar-refractivity contribution in [2.75, 3.05) is 0 Å². The van der Waals surface area contributed by atoms with Gasteiger partial charge in [0, 0.05) is 16.5 Å². The molecular formula is C19H10ClFN2O3. The Morgan fingerprint density at radius 3 is 2.65 bits per heavy atom. The summed E-state index contributed by atoms with van der Waals surface area (Å²) in [4.78, 5) is 12.7. The molecule has 0 saturated heterocycles. The maximum atomic E-state index is 14.6. The quantitative estimate of drug-likeness (QED) is 0.651. The van der Waals surface area contributed by atoms with Gasteiger partial charge >= 0.3 is 5.63 Å². The molecule has 0 aliphatic carbocycles. The van der Waals surface area contributed by atoms with Crippen LogP contribution in [0.4, 0.5) is 4.39 Å². The van der Waals surface area contributed by atoms with E-state index in [0.717, 1.165) is 0 Å². The molecule has 0 fully saturated rings. The number of nitrogens with one attached hydrogen (secondary N) is 1. The summed E-state index contributed by atoms with van der Waals surface area (Å²) in [6.07, 6.45) is 0. The average Bonchev–Trinajstić information content (AvgIpc) is 2.61. The highest BCUT2D eigenvalue weighted by Crippen LogP contribution is 2.45. The first kappa shape index (κ1) is 16.3. The van der Waals surface area contributed by atoms with Gasteiger partial charge in [0.2, 0.25) is 5.90 Å². The SMILES string of the molecule is N#CC1C(=N)Oc2c(c(=O)oc3ccccc23)C1c1c(F)cccc1Cl. The molecule has 2 aromatic carbocycles. The van der Waals surface area contributed by atoms with Crippen LogP contribution in [0.2, 0.25) is 5.02 Å². The zero-order chi connectivity index (χ0) is 18.4. The van der Waals surface area contributed by atoms with E-state index in [9.17, 15) is 14.4 Å². The lowest BCUT2D eigenvalue weighted by Crippen LogP contribution is -2.35. The Morgan fingerprint density at radius 1 is 1.15 bits per heavy atom. The van der Waals surface area contributed by atoms with Crippen LogP contribution in [0.15, 0.2) is 51.7 Å². The van der Waals surface area contributed by atoms with Crippen LogP contribution in [0, 0.1) is 28.5 Å². The van der Waals surface area contributed by atoms with E-state index < -0.39 is 23.3 Å². The smallest absolute Gasteiger partial charge is 0.343 e. The highest BCUT2D eigenvalue weighted by atomic mass is 35.5.